The van der Waals surface area contributed by atoms with Gasteiger partial charge in [-0.2, -0.15) is 0 Å². The van der Waals surface area contributed by atoms with Crippen molar-refractivity contribution in [1.82, 2.24) is 10.2 Å². The number of anilines is 1. The number of rotatable bonds is 8. The summed E-state index contributed by atoms with van der Waals surface area (Å²) in [5.41, 5.74) is 1.26. The minimum absolute atomic E-state index is 0.0125. The molecular formula is C20H19N3O6S. The van der Waals surface area contributed by atoms with Crippen LogP contribution in [0.25, 0.3) is 11.5 Å². The first kappa shape index (κ1) is 21.2. The van der Waals surface area contributed by atoms with Gasteiger partial charge in [-0.1, -0.05) is 23.9 Å². The number of hydrogen-bond acceptors (Lipinski definition) is 9. The van der Waals surface area contributed by atoms with Gasteiger partial charge in [-0.3, -0.25) is 4.79 Å². The third-order valence-electron chi connectivity index (χ3n) is 3.94. The smallest absolute Gasteiger partial charge is 0.339 e. The molecule has 0 spiro atoms. The number of para-hydroxylation sites is 1. The van der Waals surface area contributed by atoms with Crippen LogP contribution in [0.3, 0.4) is 0 Å². The standard InChI is InChI=1S/C20H19N3O6S/c1-26-13-8-12(9-14(10-13)27-2)18-22-23-20(29-18)30-11-17(24)21-16-7-5-4-6-15(16)19(25)28-3/h4-10H,11H2,1-3H3,(H,21,24). The molecule has 9 nitrogen and oxygen atoms in total. The van der Waals surface area contributed by atoms with Crippen molar-refractivity contribution < 1.29 is 28.2 Å². The van der Waals surface area contributed by atoms with Crippen molar-refractivity contribution in [1.29, 1.82) is 0 Å². The van der Waals surface area contributed by atoms with Crippen LogP contribution in [0.2, 0.25) is 0 Å². The Bertz CT molecular complexity index is 1030. The lowest BCUT2D eigenvalue weighted by Crippen LogP contribution is -2.17. The molecular weight excluding hydrogens is 410 g/mol. The van der Waals surface area contributed by atoms with Crippen LogP contribution in [0.4, 0.5) is 5.69 Å². The number of hydrogen-bond donors (Lipinski definition) is 1. The molecule has 1 amide bonds. The molecule has 30 heavy (non-hydrogen) atoms. The van der Waals surface area contributed by atoms with E-state index in [1.807, 2.05) is 0 Å². The summed E-state index contributed by atoms with van der Waals surface area (Å²) < 4.78 is 20.8. The molecule has 0 atom stereocenters. The second-order valence-corrected chi connectivity index (χ2v) is 6.78. The Morgan fingerprint density at radius 3 is 2.40 bits per heavy atom. The summed E-state index contributed by atoms with van der Waals surface area (Å²) in [5, 5.41) is 10.9. The lowest BCUT2D eigenvalue weighted by atomic mass is 10.2. The Morgan fingerprint density at radius 1 is 1.03 bits per heavy atom. The van der Waals surface area contributed by atoms with Gasteiger partial charge in [0.15, 0.2) is 0 Å². The summed E-state index contributed by atoms with van der Waals surface area (Å²) in [5.74, 6) is 0.582. The van der Waals surface area contributed by atoms with Gasteiger partial charge >= 0.3 is 5.97 Å². The van der Waals surface area contributed by atoms with Crippen LogP contribution >= 0.6 is 11.8 Å². The quantitative estimate of drug-likeness (QED) is 0.426. The fourth-order valence-corrected chi connectivity index (χ4v) is 3.07. The van der Waals surface area contributed by atoms with Gasteiger partial charge in [0, 0.05) is 11.6 Å². The molecule has 1 N–H and O–H groups in total. The van der Waals surface area contributed by atoms with Crippen LogP contribution in [-0.4, -0.2) is 49.2 Å². The number of esters is 1. The van der Waals surface area contributed by atoms with E-state index in [-0.39, 0.29) is 28.3 Å². The average Bonchev–Trinajstić information content (AvgIpc) is 3.26. The zero-order valence-corrected chi connectivity index (χ0v) is 17.3. The lowest BCUT2D eigenvalue weighted by Gasteiger charge is -2.08. The number of benzene rings is 2. The second kappa shape index (κ2) is 9.79. The molecule has 0 radical (unpaired) electrons. The maximum Gasteiger partial charge on any atom is 0.339 e. The van der Waals surface area contributed by atoms with Crippen molar-refractivity contribution >= 4 is 29.3 Å². The van der Waals surface area contributed by atoms with Crippen molar-refractivity contribution in [2.75, 3.05) is 32.4 Å². The number of carbonyl (C=O) groups is 2. The Balaban J connectivity index is 1.65. The maximum atomic E-state index is 12.3. The van der Waals surface area contributed by atoms with Crippen LogP contribution < -0.4 is 14.8 Å². The summed E-state index contributed by atoms with van der Waals surface area (Å²) in [7, 11) is 4.37. The van der Waals surface area contributed by atoms with Crippen molar-refractivity contribution in [2.24, 2.45) is 0 Å². The first-order valence-electron chi connectivity index (χ1n) is 8.71. The number of nitrogens with one attached hydrogen (secondary N) is 1. The Hall–Kier alpha value is -3.53. The van der Waals surface area contributed by atoms with Gasteiger partial charge in [0.05, 0.1) is 38.3 Å². The van der Waals surface area contributed by atoms with Crippen molar-refractivity contribution in [3.05, 3.63) is 48.0 Å². The zero-order valence-electron chi connectivity index (χ0n) is 16.5. The highest BCUT2D eigenvalue weighted by Crippen LogP contribution is 2.30. The first-order chi connectivity index (χ1) is 14.5. The second-order valence-electron chi connectivity index (χ2n) is 5.85. The molecule has 0 saturated carbocycles. The predicted octanol–water partition coefficient (Wildman–Crippen LogP) is 3.27. The molecule has 156 valence electrons. The summed E-state index contributed by atoms with van der Waals surface area (Å²) in [4.78, 5) is 24.1. The van der Waals surface area contributed by atoms with Crippen molar-refractivity contribution in [2.45, 2.75) is 5.22 Å². The predicted molar refractivity (Wildman–Crippen MR) is 110 cm³/mol. The van der Waals surface area contributed by atoms with E-state index in [2.05, 4.69) is 15.5 Å². The highest BCUT2D eigenvalue weighted by atomic mass is 32.2. The van der Waals surface area contributed by atoms with E-state index < -0.39 is 5.97 Å². The van der Waals surface area contributed by atoms with E-state index in [1.54, 1.807) is 56.7 Å². The summed E-state index contributed by atoms with van der Waals surface area (Å²) in [6, 6.07) is 11.8. The van der Waals surface area contributed by atoms with E-state index in [0.717, 1.165) is 11.8 Å². The average molecular weight is 429 g/mol. The number of carbonyl (C=O) groups excluding carboxylic acids is 2. The van der Waals surface area contributed by atoms with Crippen LogP contribution in [0, 0.1) is 0 Å². The molecule has 0 unspecified atom stereocenters. The minimum atomic E-state index is -0.534. The summed E-state index contributed by atoms with van der Waals surface area (Å²) in [6.45, 7) is 0. The van der Waals surface area contributed by atoms with Crippen molar-refractivity contribution in [3.8, 4) is 23.0 Å². The van der Waals surface area contributed by atoms with Gasteiger partial charge in [0.2, 0.25) is 11.8 Å². The highest BCUT2D eigenvalue weighted by Gasteiger charge is 2.16. The molecule has 3 rings (SSSR count). The lowest BCUT2D eigenvalue weighted by molar-refractivity contribution is -0.113. The largest absolute Gasteiger partial charge is 0.497 e. The molecule has 2 aromatic carbocycles. The maximum absolute atomic E-state index is 12.3. The van der Waals surface area contributed by atoms with Crippen LogP contribution in [-0.2, 0) is 9.53 Å². The monoisotopic (exact) mass is 429 g/mol. The van der Waals surface area contributed by atoms with Gasteiger partial charge in [-0.05, 0) is 24.3 Å². The third-order valence-corrected chi connectivity index (χ3v) is 4.76. The van der Waals surface area contributed by atoms with Gasteiger partial charge < -0.3 is 23.9 Å². The zero-order chi connectivity index (χ0) is 21.5. The molecule has 10 heteroatoms. The van der Waals surface area contributed by atoms with Gasteiger partial charge in [0.1, 0.15) is 11.5 Å². The first-order valence-corrected chi connectivity index (χ1v) is 9.69. The highest BCUT2D eigenvalue weighted by molar-refractivity contribution is 7.99. The number of ether oxygens (including phenoxy) is 3. The Morgan fingerprint density at radius 2 is 1.73 bits per heavy atom. The molecule has 1 aromatic heterocycles. The molecule has 0 aliphatic carbocycles. The molecule has 0 bridgehead atoms. The fraction of sp³-hybridized carbons (Fsp3) is 0.200. The minimum Gasteiger partial charge on any atom is -0.497 e. The topological polar surface area (TPSA) is 113 Å². The van der Waals surface area contributed by atoms with Crippen molar-refractivity contribution in [3.63, 3.8) is 0 Å². The van der Waals surface area contributed by atoms with Crippen LogP contribution in [0.5, 0.6) is 11.5 Å². The van der Waals surface area contributed by atoms with E-state index in [0.29, 0.717) is 22.7 Å². The van der Waals surface area contributed by atoms with E-state index >= 15 is 0 Å². The fourth-order valence-electron chi connectivity index (χ4n) is 2.51. The number of aromatic nitrogens is 2. The Kier molecular flexibility index (Phi) is 6.91. The Labute approximate surface area is 176 Å². The number of thioether (sulfide) groups is 1. The van der Waals surface area contributed by atoms with Gasteiger partial charge in [0.25, 0.3) is 5.22 Å². The van der Waals surface area contributed by atoms with E-state index in [9.17, 15) is 9.59 Å². The molecule has 1 heterocycles. The molecule has 0 saturated heterocycles. The molecule has 0 aliphatic heterocycles. The normalized spacial score (nSPS) is 10.4. The van der Waals surface area contributed by atoms with Crippen LogP contribution in [0.15, 0.2) is 52.1 Å². The molecule has 0 aliphatic rings. The van der Waals surface area contributed by atoms with Gasteiger partial charge in [-0.15, -0.1) is 10.2 Å². The number of amides is 1. The van der Waals surface area contributed by atoms with E-state index in [1.165, 1.54) is 7.11 Å². The third kappa shape index (κ3) is 5.09. The summed E-state index contributed by atoms with van der Waals surface area (Å²) in [6.07, 6.45) is 0. The number of nitrogens with zero attached hydrogens (tertiary/aromatic N) is 2. The van der Waals surface area contributed by atoms with E-state index in [4.69, 9.17) is 18.6 Å². The SMILES string of the molecule is COC(=O)c1ccccc1NC(=O)CSc1nnc(-c2cc(OC)cc(OC)c2)o1. The summed E-state index contributed by atoms with van der Waals surface area (Å²) >= 11 is 1.07. The number of methoxy groups -OCH3 is 3. The molecule has 0 fully saturated rings. The van der Waals surface area contributed by atoms with Gasteiger partial charge in [-0.25, -0.2) is 4.79 Å². The van der Waals surface area contributed by atoms with Crippen LogP contribution in [0.1, 0.15) is 10.4 Å². The molecule has 3 aromatic rings.